The summed E-state index contributed by atoms with van der Waals surface area (Å²) in [5.41, 5.74) is 0.324. The first-order chi connectivity index (χ1) is 9.63. The third-order valence-corrected chi connectivity index (χ3v) is 7.51. The van der Waals surface area contributed by atoms with Gasteiger partial charge in [0.15, 0.2) is 0 Å². The highest BCUT2D eigenvalue weighted by atomic mass is 79.9. The van der Waals surface area contributed by atoms with Crippen molar-refractivity contribution in [1.82, 2.24) is 4.31 Å². The van der Waals surface area contributed by atoms with E-state index >= 15 is 0 Å². The summed E-state index contributed by atoms with van der Waals surface area (Å²) in [6.45, 7) is 4.49. The maximum absolute atomic E-state index is 12.7. The van der Waals surface area contributed by atoms with Gasteiger partial charge in [-0.25, -0.2) is 8.42 Å². The van der Waals surface area contributed by atoms with Gasteiger partial charge in [0.1, 0.15) is 0 Å². The minimum Gasteiger partial charge on any atom is -0.207 e. The Hall–Kier alpha value is -0.100. The lowest BCUT2D eigenvalue weighted by atomic mass is 9.76. The summed E-state index contributed by atoms with van der Waals surface area (Å²) in [7, 11) is -1.79. The van der Waals surface area contributed by atoms with Crippen molar-refractivity contribution in [3.63, 3.8) is 0 Å². The first kappa shape index (κ1) is 17.3. The largest absolute Gasteiger partial charge is 0.243 e. The number of sulfonamides is 1. The maximum Gasteiger partial charge on any atom is 0.243 e. The van der Waals surface area contributed by atoms with Crippen molar-refractivity contribution in [3.8, 4) is 0 Å². The van der Waals surface area contributed by atoms with Gasteiger partial charge in [-0.2, -0.15) is 4.31 Å². The summed E-state index contributed by atoms with van der Waals surface area (Å²) in [5, 5.41) is 0.510. The molecule has 1 aromatic rings. The molecule has 1 aliphatic carbocycles. The van der Waals surface area contributed by atoms with Crippen LogP contribution in [0.1, 0.15) is 39.5 Å². The summed E-state index contributed by atoms with van der Waals surface area (Å²) >= 11 is 9.22. The molecule has 1 fully saturated rings. The number of hydrogen-bond donors (Lipinski definition) is 0. The second-order valence-corrected chi connectivity index (χ2v) is 9.75. The minimum absolute atomic E-state index is 0.0810. The summed E-state index contributed by atoms with van der Waals surface area (Å²) in [6, 6.07) is 4.82. The molecule has 1 aromatic carbocycles. The van der Waals surface area contributed by atoms with Crippen molar-refractivity contribution in [2.45, 2.75) is 50.5 Å². The van der Waals surface area contributed by atoms with Crippen LogP contribution >= 0.6 is 27.5 Å². The average Bonchev–Trinajstić information content (AvgIpc) is 2.41. The Morgan fingerprint density at radius 1 is 1.29 bits per heavy atom. The van der Waals surface area contributed by atoms with E-state index in [-0.39, 0.29) is 10.9 Å². The molecule has 1 aliphatic rings. The van der Waals surface area contributed by atoms with Crippen LogP contribution < -0.4 is 0 Å². The number of halogens is 2. The van der Waals surface area contributed by atoms with Crippen LogP contribution in [-0.4, -0.2) is 25.8 Å². The van der Waals surface area contributed by atoms with E-state index in [0.29, 0.717) is 14.9 Å². The number of benzene rings is 1. The molecular weight excluding hydrogens is 374 g/mol. The second-order valence-electron chi connectivity index (χ2n) is 6.49. The van der Waals surface area contributed by atoms with Crippen LogP contribution in [0.2, 0.25) is 5.02 Å². The molecule has 0 saturated heterocycles. The third-order valence-electron chi connectivity index (χ3n) is 4.39. The van der Waals surface area contributed by atoms with E-state index in [1.54, 1.807) is 25.2 Å². The number of nitrogens with zero attached hydrogens (tertiary/aromatic N) is 1. The molecule has 21 heavy (non-hydrogen) atoms. The van der Waals surface area contributed by atoms with Gasteiger partial charge in [0.05, 0.1) is 9.92 Å². The van der Waals surface area contributed by atoms with E-state index in [1.165, 1.54) is 4.31 Å². The predicted molar refractivity (Wildman–Crippen MR) is 90.1 cm³/mol. The lowest BCUT2D eigenvalue weighted by Gasteiger charge is -2.38. The topological polar surface area (TPSA) is 37.4 Å². The zero-order chi connectivity index (χ0) is 15.8. The first-order valence-corrected chi connectivity index (χ1v) is 9.68. The second kappa shape index (κ2) is 6.19. The predicted octanol–water partition coefficient (Wildman–Crippen LogP) is 4.69. The van der Waals surface area contributed by atoms with Crippen LogP contribution in [0.15, 0.2) is 27.6 Å². The fourth-order valence-electron chi connectivity index (χ4n) is 2.75. The Morgan fingerprint density at radius 2 is 1.86 bits per heavy atom. The molecule has 0 radical (unpaired) electrons. The minimum atomic E-state index is -3.47. The van der Waals surface area contributed by atoms with Crippen molar-refractivity contribution in [3.05, 3.63) is 27.7 Å². The molecule has 0 amide bonds. The fraction of sp³-hybridized carbons (Fsp3) is 0.600. The van der Waals surface area contributed by atoms with Gasteiger partial charge in [0.25, 0.3) is 0 Å². The quantitative estimate of drug-likeness (QED) is 0.745. The molecule has 1 saturated carbocycles. The molecule has 0 N–H and O–H groups in total. The van der Waals surface area contributed by atoms with Crippen molar-refractivity contribution >= 4 is 37.6 Å². The summed E-state index contributed by atoms with van der Waals surface area (Å²) < 4.78 is 27.6. The Labute approximate surface area is 140 Å². The SMILES string of the molecule is CN(C1CCC(C)(C)CC1)S(=O)(=O)c1ccc(Cl)c(Br)c1. The van der Waals surface area contributed by atoms with Crippen LogP contribution in [0, 0.1) is 5.41 Å². The molecule has 0 spiro atoms. The van der Waals surface area contributed by atoms with E-state index in [2.05, 4.69) is 29.8 Å². The molecule has 0 aliphatic heterocycles. The lowest BCUT2D eigenvalue weighted by molar-refractivity contribution is 0.174. The molecule has 118 valence electrons. The summed E-state index contributed by atoms with van der Waals surface area (Å²) in [6.07, 6.45) is 3.94. The highest BCUT2D eigenvalue weighted by Crippen LogP contribution is 2.38. The molecule has 0 heterocycles. The van der Waals surface area contributed by atoms with Crippen molar-refractivity contribution in [2.24, 2.45) is 5.41 Å². The smallest absolute Gasteiger partial charge is 0.207 e. The molecule has 2 rings (SSSR count). The normalized spacial score (nSPS) is 19.9. The number of hydrogen-bond acceptors (Lipinski definition) is 2. The number of rotatable bonds is 3. The van der Waals surface area contributed by atoms with Crippen molar-refractivity contribution in [2.75, 3.05) is 7.05 Å². The van der Waals surface area contributed by atoms with Gasteiger partial charge in [0, 0.05) is 17.6 Å². The Balaban J connectivity index is 2.21. The van der Waals surface area contributed by atoms with Gasteiger partial charge in [0.2, 0.25) is 10.0 Å². The van der Waals surface area contributed by atoms with Gasteiger partial charge in [-0.05, 0) is 65.2 Å². The summed E-state index contributed by atoms with van der Waals surface area (Å²) in [5.74, 6) is 0. The lowest BCUT2D eigenvalue weighted by Crippen LogP contribution is -2.40. The average molecular weight is 395 g/mol. The standard InChI is InChI=1S/C15H21BrClNO2S/c1-15(2)8-6-11(7-9-15)18(3)21(19,20)12-4-5-14(17)13(16)10-12/h4-5,10-11H,6-9H2,1-3H3. The molecule has 0 unspecified atom stereocenters. The Bertz CT molecular complexity index is 621. The van der Waals surface area contributed by atoms with Gasteiger partial charge in [-0.3, -0.25) is 0 Å². The Morgan fingerprint density at radius 3 is 2.38 bits per heavy atom. The van der Waals surface area contributed by atoms with Crippen molar-refractivity contribution < 1.29 is 8.42 Å². The van der Waals surface area contributed by atoms with Crippen LogP contribution in [0.3, 0.4) is 0 Å². The van der Waals surface area contributed by atoms with E-state index < -0.39 is 10.0 Å². The van der Waals surface area contributed by atoms with Gasteiger partial charge < -0.3 is 0 Å². The molecule has 0 bridgehead atoms. The zero-order valence-corrected chi connectivity index (χ0v) is 15.7. The molecule has 0 atom stereocenters. The fourth-order valence-corrected chi connectivity index (χ4v) is 4.84. The maximum atomic E-state index is 12.7. The van der Waals surface area contributed by atoms with Gasteiger partial charge in [-0.1, -0.05) is 25.4 Å². The van der Waals surface area contributed by atoms with Crippen molar-refractivity contribution in [1.29, 1.82) is 0 Å². The third kappa shape index (κ3) is 3.81. The van der Waals surface area contributed by atoms with Gasteiger partial charge >= 0.3 is 0 Å². The molecule has 0 aromatic heterocycles. The van der Waals surface area contributed by atoms with E-state index in [4.69, 9.17) is 11.6 Å². The monoisotopic (exact) mass is 393 g/mol. The highest BCUT2D eigenvalue weighted by Gasteiger charge is 2.34. The van der Waals surface area contributed by atoms with E-state index in [1.807, 2.05) is 0 Å². The zero-order valence-electron chi connectivity index (χ0n) is 12.6. The van der Waals surface area contributed by atoms with Crippen LogP contribution in [0.25, 0.3) is 0 Å². The molecule has 6 heteroatoms. The highest BCUT2D eigenvalue weighted by molar-refractivity contribution is 9.10. The van der Waals surface area contributed by atoms with Gasteiger partial charge in [-0.15, -0.1) is 0 Å². The Kier molecular flexibility index (Phi) is 5.08. The van der Waals surface area contributed by atoms with Crippen LogP contribution in [-0.2, 0) is 10.0 Å². The van der Waals surface area contributed by atoms with Crippen LogP contribution in [0.4, 0.5) is 0 Å². The molecule has 3 nitrogen and oxygen atoms in total. The summed E-state index contributed by atoms with van der Waals surface area (Å²) in [4.78, 5) is 0.283. The van der Waals surface area contributed by atoms with E-state index in [9.17, 15) is 8.42 Å². The molecular formula is C15H21BrClNO2S. The van der Waals surface area contributed by atoms with Crippen LogP contribution in [0.5, 0.6) is 0 Å². The first-order valence-electron chi connectivity index (χ1n) is 7.07. The van der Waals surface area contributed by atoms with E-state index in [0.717, 1.165) is 25.7 Å².